The Morgan fingerprint density at radius 1 is 0.871 bits per heavy atom. The minimum Gasteiger partial charge on any atom is -0.487 e. The van der Waals surface area contributed by atoms with Crippen LogP contribution in [0.25, 0.3) is 22.0 Å². The number of nitrogens with zero attached hydrogens (tertiary/aromatic N) is 2. The van der Waals surface area contributed by atoms with Gasteiger partial charge in [-0.3, -0.25) is 4.98 Å². The maximum Gasteiger partial charge on any atom is 0.130 e. The number of hydrogen-bond acceptors (Lipinski definition) is 4. The molecule has 0 saturated heterocycles. The molecule has 4 aromatic rings. The summed E-state index contributed by atoms with van der Waals surface area (Å²) >= 11 is 0. The maximum atomic E-state index is 6.11. The summed E-state index contributed by atoms with van der Waals surface area (Å²) in [4.78, 5) is 8.83. The maximum absolute atomic E-state index is 6.11. The van der Waals surface area contributed by atoms with E-state index >= 15 is 0 Å². The highest BCUT2D eigenvalue weighted by molar-refractivity contribution is 5.96. The Morgan fingerprint density at radius 3 is 2.45 bits per heavy atom. The highest BCUT2D eigenvalue weighted by atomic mass is 16.5. The van der Waals surface area contributed by atoms with Gasteiger partial charge in [-0.2, -0.15) is 0 Å². The zero-order valence-corrected chi connectivity index (χ0v) is 17.7. The summed E-state index contributed by atoms with van der Waals surface area (Å²) in [6, 6.07) is 24.5. The van der Waals surface area contributed by atoms with Gasteiger partial charge in [0.2, 0.25) is 0 Å². The predicted octanol–water partition coefficient (Wildman–Crippen LogP) is 5.93. The summed E-state index contributed by atoms with van der Waals surface area (Å²) in [5.74, 6) is 0.822. The number of fused-ring (bicyclic) bond motifs is 1. The van der Waals surface area contributed by atoms with E-state index in [2.05, 4.69) is 48.1 Å². The van der Waals surface area contributed by atoms with Gasteiger partial charge >= 0.3 is 0 Å². The van der Waals surface area contributed by atoms with Crippen LogP contribution < -0.4 is 4.74 Å². The Hall–Kier alpha value is -3.50. The molecular weight excluding hydrogens is 384 g/mol. The lowest BCUT2D eigenvalue weighted by atomic mass is 9.87. The van der Waals surface area contributed by atoms with Crippen molar-refractivity contribution in [3.8, 4) is 5.75 Å². The zero-order valence-electron chi connectivity index (χ0n) is 17.7. The van der Waals surface area contributed by atoms with Gasteiger partial charge in [0.05, 0.1) is 23.4 Å². The Labute approximate surface area is 182 Å². The monoisotopic (exact) mass is 408 g/mol. The van der Waals surface area contributed by atoms with E-state index in [9.17, 15) is 0 Å². The van der Waals surface area contributed by atoms with E-state index in [0.717, 1.165) is 33.5 Å². The summed E-state index contributed by atoms with van der Waals surface area (Å²) in [5.41, 5.74) is 6.27. The Morgan fingerprint density at radius 2 is 1.65 bits per heavy atom. The van der Waals surface area contributed by atoms with E-state index in [1.807, 2.05) is 60.9 Å². The van der Waals surface area contributed by atoms with Crippen molar-refractivity contribution in [3.05, 3.63) is 102 Å². The van der Waals surface area contributed by atoms with Crippen molar-refractivity contribution in [2.75, 3.05) is 6.61 Å². The van der Waals surface area contributed by atoms with E-state index < -0.39 is 0 Å². The molecule has 4 nitrogen and oxygen atoms in total. The molecule has 154 valence electrons. The largest absolute Gasteiger partial charge is 0.487 e. The van der Waals surface area contributed by atoms with Gasteiger partial charge in [-0.15, -0.1) is 0 Å². The molecule has 2 aromatic carbocycles. The Kier molecular flexibility index (Phi) is 5.00. The predicted molar refractivity (Wildman–Crippen MR) is 124 cm³/mol. The number of benzene rings is 2. The second kappa shape index (κ2) is 7.97. The van der Waals surface area contributed by atoms with Gasteiger partial charge in [-0.05, 0) is 72.5 Å². The topological polar surface area (TPSA) is 44.2 Å². The lowest BCUT2D eigenvalue weighted by Gasteiger charge is -2.22. The van der Waals surface area contributed by atoms with Crippen molar-refractivity contribution >= 4 is 22.0 Å². The fourth-order valence-electron chi connectivity index (χ4n) is 4.13. The number of ether oxygens (including phenoxy) is 2. The second-order valence-electron chi connectivity index (χ2n) is 8.20. The van der Waals surface area contributed by atoms with Crippen LogP contribution >= 0.6 is 0 Å². The Bertz CT molecular complexity index is 1250. The lowest BCUT2D eigenvalue weighted by Crippen LogP contribution is -2.21. The number of para-hydroxylation sites is 1. The van der Waals surface area contributed by atoms with Gasteiger partial charge in [0, 0.05) is 17.8 Å². The molecule has 0 atom stereocenters. The fraction of sp³-hybridized carbons (Fsp3) is 0.185. The van der Waals surface area contributed by atoms with E-state index in [0.29, 0.717) is 13.2 Å². The van der Waals surface area contributed by atoms with Gasteiger partial charge < -0.3 is 9.47 Å². The van der Waals surface area contributed by atoms with Crippen LogP contribution in [0.15, 0.2) is 85.2 Å². The van der Waals surface area contributed by atoms with Crippen LogP contribution in [0.2, 0.25) is 0 Å². The first kappa shape index (κ1) is 19.5. The third kappa shape index (κ3) is 3.94. The van der Waals surface area contributed by atoms with E-state index in [4.69, 9.17) is 9.47 Å². The molecule has 4 heteroatoms. The van der Waals surface area contributed by atoms with Crippen molar-refractivity contribution in [2.24, 2.45) is 0 Å². The molecule has 5 rings (SSSR count). The Balaban J connectivity index is 1.36. The highest BCUT2D eigenvalue weighted by Crippen LogP contribution is 2.42. The standard InChI is InChI=1S/C27H24N2O2/c1-27(2)26(21-13-15-28-16-14-21)24(18-31-27)19-8-11-23(12-9-19)30-17-22-10-7-20-5-3-4-6-25(20)29-22/h3-16H,17-18H2,1-2H3. The third-order valence-electron chi connectivity index (χ3n) is 5.70. The molecule has 0 fully saturated rings. The third-order valence-corrected chi connectivity index (χ3v) is 5.70. The van der Waals surface area contributed by atoms with Crippen molar-refractivity contribution in [1.82, 2.24) is 9.97 Å². The summed E-state index contributed by atoms with van der Waals surface area (Å²) in [6.07, 6.45) is 3.65. The van der Waals surface area contributed by atoms with Crippen LogP contribution in [-0.4, -0.2) is 22.2 Å². The molecule has 0 radical (unpaired) electrons. The normalized spacial score (nSPS) is 15.4. The van der Waals surface area contributed by atoms with Crippen molar-refractivity contribution in [3.63, 3.8) is 0 Å². The molecule has 0 saturated carbocycles. The molecular formula is C27H24N2O2. The van der Waals surface area contributed by atoms with Crippen LogP contribution in [0.4, 0.5) is 0 Å². The fourth-order valence-corrected chi connectivity index (χ4v) is 4.13. The average molecular weight is 409 g/mol. The van der Waals surface area contributed by atoms with Crippen LogP contribution in [-0.2, 0) is 11.3 Å². The summed E-state index contributed by atoms with van der Waals surface area (Å²) in [5, 5.41) is 1.13. The molecule has 0 N–H and O–H groups in total. The number of hydrogen-bond donors (Lipinski definition) is 0. The van der Waals surface area contributed by atoms with E-state index in [1.54, 1.807) is 0 Å². The van der Waals surface area contributed by atoms with Gasteiger partial charge in [0.15, 0.2) is 0 Å². The summed E-state index contributed by atoms with van der Waals surface area (Å²) < 4.78 is 12.1. The van der Waals surface area contributed by atoms with Gasteiger partial charge in [-0.1, -0.05) is 36.4 Å². The van der Waals surface area contributed by atoms with Gasteiger partial charge in [0.1, 0.15) is 12.4 Å². The molecule has 0 spiro atoms. The first-order valence-corrected chi connectivity index (χ1v) is 10.5. The number of aromatic nitrogens is 2. The molecule has 1 aliphatic rings. The first-order chi connectivity index (χ1) is 15.1. The minimum absolute atomic E-state index is 0.340. The lowest BCUT2D eigenvalue weighted by molar-refractivity contribution is 0.0655. The van der Waals surface area contributed by atoms with Gasteiger partial charge in [-0.25, -0.2) is 4.98 Å². The molecule has 0 unspecified atom stereocenters. The second-order valence-corrected chi connectivity index (χ2v) is 8.20. The molecule has 31 heavy (non-hydrogen) atoms. The van der Waals surface area contributed by atoms with E-state index in [-0.39, 0.29) is 5.60 Å². The quantitative estimate of drug-likeness (QED) is 0.411. The van der Waals surface area contributed by atoms with Crippen molar-refractivity contribution in [2.45, 2.75) is 26.1 Å². The van der Waals surface area contributed by atoms with Crippen LogP contribution in [0.1, 0.15) is 30.7 Å². The molecule has 0 amide bonds. The highest BCUT2D eigenvalue weighted by Gasteiger charge is 2.34. The molecule has 0 bridgehead atoms. The van der Waals surface area contributed by atoms with Crippen LogP contribution in [0, 0.1) is 0 Å². The molecule has 1 aliphatic heterocycles. The first-order valence-electron chi connectivity index (χ1n) is 10.5. The average Bonchev–Trinajstić information content (AvgIpc) is 3.13. The SMILES string of the molecule is CC1(C)OCC(c2ccc(OCc3ccc4ccccc4n3)cc2)=C1c1ccncc1. The summed E-state index contributed by atoms with van der Waals surface area (Å²) in [7, 11) is 0. The number of rotatable bonds is 5. The van der Waals surface area contributed by atoms with Crippen molar-refractivity contribution < 1.29 is 9.47 Å². The smallest absolute Gasteiger partial charge is 0.130 e. The van der Waals surface area contributed by atoms with Crippen molar-refractivity contribution in [1.29, 1.82) is 0 Å². The van der Waals surface area contributed by atoms with Crippen LogP contribution in [0.5, 0.6) is 5.75 Å². The van der Waals surface area contributed by atoms with Gasteiger partial charge in [0.25, 0.3) is 0 Å². The van der Waals surface area contributed by atoms with E-state index in [1.165, 1.54) is 11.1 Å². The number of pyridine rings is 2. The minimum atomic E-state index is -0.340. The van der Waals surface area contributed by atoms with Crippen LogP contribution in [0.3, 0.4) is 0 Å². The zero-order chi connectivity index (χ0) is 21.3. The molecule has 2 aromatic heterocycles. The summed E-state index contributed by atoms with van der Waals surface area (Å²) in [6.45, 7) is 5.25. The molecule has 0 aliphatic carbocycles. The molecule has 3 heterocycles.